The second-order valence-corrected chi connectivity index (χ2v) is 8.36. The highest BCUT2D eigenvalue weighted by molar-refractivity contribution is 6.28. The second kappa shape index (κ2) is 11.3. The third-order valence-electron chi connectivity index (χ3n) is 5.86. The molecular formula is C31H23O6. The third-order valence-corrected chi connectivity index (χ3v) is 5.86. The Hall–Kier alpha value is -4.84. The molecule has 0 amide bonds. The molecule has 4 aromatic rings. The van der Waals surface area contributed by atoms with Gasteiger partial charge in [0.2, 0.25) is 11.7 Å². The van der Waals surface area contributed by atoms with Gasteiger partial charge >= 0.3 is 11.9 Å². The molecule has 0 aliphatic rings. The first-order chi connectivity index (χ1) is 18.0. The SMILES string of the molecule is Cc1ccc(OC(=O)C([C]=O)(C(=O)C(C(=O)Oc2ccccc2)c2ccccc2)c2ccccc2)cc1. The molecule has 1 radical (unpaired) electrons. The van der Waals surface area contributed by atoms with Crippen molar-refractivity contribution in [3.8, 4) is 11.5 Å². The zero-order valence-corrected chi connectivity index (χ0v) is 20.0. The number of ether oxygens (including phenoxy) is 2. The maximum atomic E-state index is 14.3. The van der Waals surface area contributed by atoms with Gasteiger partial charge in [0, 0.05) is 0 Å². The summed E-state index contributed by atoms with van der Waals surface area (Å²) in [4.78, 5) is 54.0. The molecule has 0 aliphatic heterocycles. The highest BCUT2D eigenvalue weighted by atomic mass is 16.5. The molecule has 0 spiro atoms. The lowest BCUT2D eigenvalue weighted by Gasteiger charge is -2.28. The van der Waals surface area contributed by atoms with Crippen LogP contribution < -0.4 is 9.47 Å². The van der Waals surface area contributed by atoms with Crippen molar-refractivity contribution < 1.29 is 28.7 Å². The fraction of sp³-hybridized carbons (Fsp3) is 0.0968. The molecule has 183 valence electrons. The Morgan fingerprint density at radius 3 is 1.76 bits per heavy atom. The van der Waals surface area contributed by atoms with E-state index in [0.717, 1.165) is 5.56 Å². The van der Waals surface area contributed by atoms with E-state index in [0.29, 0.717) is 0 Å². The number of esters is 2. The maximum absolute atomic E-state index is 14.3. The zero-order chi connectivity index (χ0) is 26.3. The molecule has 2 atom stereocenters. The van der Waals surface area contributed by atoms with Gasteiger partial charge in [-0.1, -0.05) is 96.6 Å². The lowest BCUT2D eigenvalue weighted by Crippen LogP contribution is -2.51. The molecule has 4 rings (SSSR count). The van der Waals surface area contributed by atoms with Gasteiger partial charge < -0.3 is 9.47 Å². The molecule has 6 nitrogen and oxygen atoms in total. The van der Waals surface area contributed by atoms with E-state index >= 15 is 0 Å². The molecule has 0 bridgehead atoms. The second-order valence-electron chi connectivity index (χ2n) is 8.36. The van der Waals surface area contributed by atoms with E-state index in [-0.39, 0.29) is 22.6 Å². The smallest absolute Gasteiger partial charge is 0.337 e. The van der Waals surface area contributed by atoms with Crippen molar-refractivity contribution in [2.24, 2.45) is 0 Å². The zero-order valence-electron chi connectivity index (χ0n) is 20.0. The number of carbonyl (C=O) groups excluding carboxylic acids is 4. The van der Waals surface area contributed by atoms with Gasteiger partial charge in [0.15, 0.2) is 5.78 Å². The van der Waals surface area contributed by atoms with Crippen molar-refractivity contribution in [3.63, 3.8) is 0 Å². The van der Waals surface area contributed by atoms with Crippen LogP contribution in [0.4, 0.5) is 0 Å². The minimum absolute atomic E-state index is 0.0283. The summed E-state index contributed by atoms with van der Waals surface area (Å²) in [7, 11) is 0. The normalized spacial score (nSPS) is 13.0. The van der Waals surface area contributed by atoms with Gasteiger partial charge in [0.25, 0.3) is 0 Å². The molecule has 2 unspecified atom stereocenters. The molecule has 0 saturated carbocycles. The minimum Gasteiger partial charge on any atom is -0.426 e. The summed E-state index contributed by atoms with van der Waals surface area (Å²) in [6.45, 7) is 1.87. The lowest BCUT2D eigenvalue weighted by molar-refractivity contribution is -0.147. The molecule has 0 fully saturated rings. The van der Waals surface area contributed by atoms with Crippen LogP contribution in [-0.4, -0.2) is 24.0 Å². The van der Waals surface area contributed by atoms with Crippen molar-refractivity contribution >= 4 is 24.0 Å². The van der Waals surface area contributed by atoms with Crippen LogP contribution in [0.25, 0.3) is 0 Å². The van der Waals surface area contributed by atoms with Crippen molar-refractivity contribution in [1.82, 2.24) is 0 Å². The number of hydrogen-bond donors (Lipinski definition) is 0. The van der Waals surface area contributed by atoms with Crippen molar-refractivity contribution in [1.29, 1.82) is 0 Å². The number of hydrogen-bond acceptors (Lipinski definition) is 6. The summed E-state index contributed by atoms with van der Waals surface area (Å²) in [5.41, 5.74) is -1.34. The number of Topliss-reactive ketones (excluding diaryl/α,β-unsaturated/α-hetero) is 1. The Morgan fingerprint density at radius 2 is 1.19 bits per heavy atom. The van der Waals surface area contributed by atoms with E-state index in [1.807, 2.05) is 6.92 Å². The van der Waals surface area contributed by atoms with Crippen LogP contribution in [0.2, 0.25) is 0 Å². The average molecular weight is 492 g/mol. The standard InChI is InChI=1S/C31H23O6/c1-22-17-19-26(20-18-22)37-30(35)31(21-32,24-13-7-3-8-14-24)28(33)27(23-11-5-2-6-12-23)29(34)36-25-15-9-4-10-16-25/h2-20,27H,1H3. The molecule has 0 saturated heterocycles. The topological polar surface area (TPSA) is 86.7 Å². The van der Waals surface area contributed by atoms with Crippen LogP contribution in [0.15, 0.2) is 115 Å². The Morgan fingerprint density at radius 1 is 0.676 bits per heavy atom. The van der Waals surface area contributed by atoms with Gasteiger partial charge in [0.1, 0.15) is 17.4 Å². The molecular weight excluding hydrogens is 468 g/mol. The quantitative estimate of drug-likeness (QED) is 0.188. The van der Waals surface area contributed by atoms with Gasteiger partial charge in [-0.05, 0) is 42.3 Å². The Bertz CT molecular complexity index is 1380. The summed E-state index contributed by atoms with van der Waals surface area (Å²) in [6.07, 6.45) is 1.65. The van der Waals surface area contributed by atoms with Gasteiger partial charge in [-0.15, -0.1) is 0 Å². The van der Waals surface area contributed by atoms with Crippen LogP contribution in [0.1, 0.15) is 22.6 Å². The van der Waals surface area contributed by atoms with Gasteiger partial charge in [-0.2, -0.15) is 0 Å². The van der Waals surface area contributed by atoms with Crippen LogP contribution in [0.5, 0.6) is 11.5 Å². The van der Waals surface area contributed by atoms with Gasteiger partial charge in [0.05, 0.1) is 0 Å². The molecule has 0 aliphatic carbocycles. The maximum Gasteiger partial charge on any atom is 0.337 e. The molecule has 0 aromatic heterocycles. The predicted molar refractivity (Wildman–Crippen MR) is 137 cm³/mol. The van der Waals surface area contributed by atoms with E-state index in [4.69, 9.17) is 9.47 Å². The third kappa shape index (κ3) is 5.38. The number of rotatable bonds is 9. The first kappa shape index (κ1) is 25.3. The largest absolute Gasteiger partial charge is 0.426 e. The minimum atomic E-state index is -2.55. The predicted octanol–water partition coefficient (Wildman–Crippen LogP) is 4.91. The first-order valence-corrected chi connectivity index (χ1v) is 11.6. The number of para-hydroxylation sites is 1. The van der Waals surface area contributed by atoms with Crippen LogP contribution >= 0.6 is 0 Å². The summed E-state index contributed by atoms with van der Waals surface area (Å²) in [5, 5.41) is 0. The molecule has 37 heavy (non-hydrogen) atoms. The summed E-state index contributed by atoms with van der Waals surface area (Å²) in [6, 6.07) is 30.6. The monoisotopic (exact) mass is 491 g/mol. The number of benzene rings is 4. The van der Waals surface area contributed by atoms with Gasteiger partial charge in [-0.3, -0.25) is 14.4 Å². The Kier molecular flexibility index (Phi) is 7.69. The summed E-state index contributed by atoms with van der Waals surface area (Å²) >= 11 is 0. The fourth-order valence-corrected chi connectivity index (χ4v) is 3.91. The molecule has 4 aromatic carbocycles. The summed E-state index contributed by atoms with van der Waals surface area (Å²) < 4.78 is 11.0. The average Bonchev–Trinajstić information content (AvgIpc) is 2.93. The van der Waals surface area contributed by atoms with E-state index in [1.54, 1.807) is 109 Å². The van der Waals surface area contributed by atoms with Crippen molar-refractivity contribution in [2.75, 3.05) is 0 Å². The highest BCUT2D eigenvalue weighted by Crippen LogP contribution is 2.34. The highest BCUT2D eigenvalue weighted by Gasteiger charge is 2.55. The Labute approximate surface area is 214 Å². The summed E-state index contributed by atoms with van der Waals surface area (Å²) in [5.74, 6) is -4.41. The van der Waals surface area contributed by atoms with E-state index in [1.165, 1.54) is 12.1 Å². The van der Waals surface area contributed by atoms with E-state index < -0.39 is 29.1 Å². The van der Waals surface area contributed by atoms with Gasteiger partial charge in [-0.25, -0.2) is 4.79 Å². The molecule has 0 N–H and O–H groups in total. The van der Waals surface area contributed by atoms with Crippen LogP contribution in [0.3, 0.4) is 0 Å². The van der Waals surface area contributed by atoms with Crippen molar-refractivity contribution in [3.05, 3.63) is 132 Å². The molecule has 0 heterocycles. The van der Waals surface area contributed by atoms with Crippen LogP contribution in [-0.2, 0) is 24.6 Å². The van der Waals surface area contributed by atoms with Crippen LogP contribution in [0, 0.1) is 6.92 Å². The lowest BCUT2D eigenvalue weighted by atomic mass is 9.72. The molecule has 6 heteroatoms. The number of carbonyl (C=O) groups is 3. The number of aryl methyl sites for hydroxylation is 1. The Balaban J connectivity index is 1.82. The van der Waals surface area contributed by atoms with E-state index in [9.17, 15) is 19.2 Å². The fourth-order valence-electron chi connectivity index (χ4n) is 3.91. The number of ketones is 1. The first-order valence-electron chi connectivity index (χ1n) is 11.6. The van der Waals surface area contributed by atoms with Crippen molar-refractivity contribution in [2.45, 2.75) is 18.3 Å². The van der Waals surface area contributed by atoms with E-state index in [2.05, 4.69) is 0 Å².